The Morgan fingerprint density at radius 3 is 0.651 bits per heavy atom. The van der Waals surface area contributed by atoms with E-state index in [1.807, 2.05) is 0 Å². The molecule has 7 rings (SSSR count). The van der Waals surface area contributed by atoms with Crippen LogP contribution in [0.4, 0.5) is 0 Å². The van der Waals surface area contributed by atoms with E-state index in [1.54, 1.807) is 51.4 Å². The van der Waals surface area contributed by atoms with Crippen molar-refractivity contribution in [2.24, 2.45) is 23.7 Å². The zero-order chi connectivity index (χ0) is 30.0. The zero-order valence-corrected chi connectivity index (χ0v) is 29.3. The molecule has 2 N–H and O–H groups in total. The molecule has 0 aromatic carbocycles. The molecule has 1 saturated heterocycles. The average molecular weight is 599 g/mol. The Hall–Kier alpha value is -0.340. The largest absolute Gasteiger partial charge is 0.301 e. The summed E-state index contributed by atoms with van der Waals surface area (Å²) in [5.41, 5.74) is 1.24. The maximum Gasteiger partial charge on any atom is 0.0459 e. The van der Waals surface area contributed by atoms with Crippen LogP contribution in [-0.4, -0.2) is 19.8 Å². The quantitative estimate of drug-likeness (QED) is 0.309. The van der Waals surface area contributed by atoms with Gasteiger partial charge in [-0.25, -0.2) is 0 Å². The van der Waals surface area contributed by atoms with Gasteiger partial charge in [-0.15, -0.1) is 0 Å². The zero-order valence-electron chi connectivity index (χ0n) is 29.3. The Bertz CT molecular complexity index is 505. The summed E-state index contributed by atoms with van der Waals surface area (Å²) in [6.45, 7) is 6.68. The molecule has 1 heterocycles. The van der Waals surface area contributed by atoms with Crippen molar-refractivity contribution in [3.8, 4) is 0 Å². The van der Waals surface area contributed by atoms with Crippen LogP contribution in [0.1, 0.15) is 205 Å². The van der Waals surface area contributed by atoms with Crippen molar-refractivity contribution in [1.29, 1.82) is 0 Å². The van der Waals surface area contributed by atoms with E-state index in [0.29, 0.717) is 0 Å². The van der Waals surface area contributed by atoms with Gasteiger partial charge in [-0.1, -0.05) is 212 Å². The van der Waals surface area contributed by atoms with E-state index in [4.69, 9.17) is 0 Å². The van der Waals surface area contributed by atoms with E-state index in [0.717, 1.165) is 43.4 Å². The molecule has 0 aromatic heterocycles. The molecule has 2 nitrogen and oxygen atoms in total. The lowest BCUT2D eigenvalue weighted by Gasteiger charge is -2.32. The second-order valence-electron chi connectivity index (χ2n) is 15.6. The van der Waals surface area contributed by atoms with E-state index in [2.05, 4.69) is 17.2 Å². The molecule has 6 aliphatic carbocycles. The van der Waals surface area contributed by atoms with E-state index >= 15 is 0 Å². The van der Waals surface area contributed by atoms with Crippen molar-refractivity contribution in [1.82, 2.24) is 10.6 Å². The van der Waals surface area contributed by atoms with Crippen molar-refractivity contribution < 1.29 is 0 Å². The predicted octanol–water partition coefficient (Wildman–Crippen LogP) is 12.7. The highest BCUT2D eigenvalue weighted by molar-refractivity contribution is 5.01. The molecule has 7 fully saturated rings. The average Bonchev–Trinajstić information content (AvgIpc) is 3.13. The Kier molecular flexibility index (Phi) is 22.3. The maximum absolute atomic E-state index is 3.79. The van der Waals surface area contributed by atoms with Crippen LogP contribution in [-0.2, 0) is 0 Å². The van der Waals surface area contributed by atoms with Gasteiger partial charge in [0.05, 0.1) is 0 Å². The number of hydrogen-bond acceptors (Lipinski definition) is 2. The molecule has 0 radical (unpaired) electrons. The molecule has 43 heavy (non-hydrogen) atoms. The molecule has 7 aliphatic rings. The van der Waals surface area contributed by atoms with E-state index in [-0.39, 0.29) is 0 Å². The first-order valence-corrected chi connectivity index (χ1v) is 20.4. The van der Waals surface area contributed by atoms with Crippen molar-refractivity contribution in [2.75, 3.05) is 19.8 Å². The highest BCUT2D eigenvalue weighted by Gasteiger charge is 2.25. The summed E-state index contributed by atoms with van der Waals surface area (Å²) < 4.78 is 0. The van der Waals surface area contributed by atoms with Crippen LogP contribution in [0.2, 0.25) is 0 Å². The van der Waals surface area contributed by atoms with Crippen molar-refractivity contribution in [3.63, 3.8) is 0 Å². The van der Waals surface area contributed by atoms with E-state index in [1.165, 1.54) is 160 Å². The van der Waals surface area contributed by atoms with E-state index in [9.17, 15) is 0 Å². The Balaban J connectivity index is 0.000000153. The van der Waals surface area contributed by atoms with Gasteiger partial charge in [-0.3, -0.25) is 0 Å². The smallest absolute Gasteiger partial charge is 0.0459 e. The monoisotopic (exact) mass is 599 g/mol. The van der Waals surface area contributed by atoms with Crippen molar-refractivity contribution in [3.05, 3.63) is 12.2 Å². The van der Waals surface area contributed by atoms with Gasteiger partial charge in [-0.05, 0) is 29.2 Å². The minimum Gasteiger partial charge on any atom is -0.301 e. The summed E-state index contributed by atoms with van der Waals surface area (Å²) in [7, 11) is 0. The summed E-state index contributed by atoms with van der Waals surface area (Å²) in [5.74, 6) is 4.55. The third kappa shape index (κ3) is 18.4. The van der Waals surface area contributed by atoms with Gasteiger partial charge in [0.25, 0.3) is 0 Å². The minimum absolute atomic E-state index is 0.930. The summed E-state index contributed by atoms with van der Waals surface area (Å²) >= 11 is 0. The molecule has 0 atom stereocenters. The van der Waals surface area contributed by atoms with Crippen molar-refractivity contribution in [2.45, 2.75) is 205 Å². The highest BCUT2D eigenvalue weighted by atomic mass is 15.1. The molecule has 252 valence electrons. The lowest BCUT2D eigenvalue weighted by atomic mass is 9.73. The summed E-state index contributed by atoms with van der Waals surface area (Å²) in [6.07, 6.45) is 48.8. The highest BCUT2D eigenvalue weighted by Crippen LogP contribution is 2.39. The molecular formula is C41H78N2. The fraction of sp³-hybridized carbons (Fsp3) is 0.951. The molecule has 0 amide bonds. The Morgan fingerprint density at radius 1 is 0.302 bits per heavy atom. The second kappa shape index (κ2) is 25.8. The normalized spacial score (nSPS) is 26.6. The van der Waals surface area contributed by atoms with Gasteiger partial charge >= 0.3 is 0 Å². The lowest BCUT2D eigenvalue weighted by molar-refractivity contribution is 0.196. The van der Waals surface area contributed by atoms with Crippen LogP contribution in [0.5, 0.6) is 0 Å². The van der Waals surface area contributed by atoms with Gasteiger partial charge in [-0.2, -0.15) is 0 Å². The van der Waals surface area contributed by atoms with Gasteiger partial charge in [0.2, 0.25) is 0 Å². The molecular weight excluding hydrogens is 520 g/mol. The van der Waals surface area contributed by atoms with Crippen LogP contribution in [0.25, 0.3) is 0 Å². The summed E-state index contributed by atoms with van der Waals surface area (Å²) in [6, 6.07) is 0. The lowest BCUT2D eigenvalue weighted by Crippen LogP contribution is -2.38. The molecule has 6 saturated carbocycles. The molecule has 0 spiro atoms. The van der Waals surface area contributed by atoms with Crippen LogP contribution in [0.3, 0.4) is 0 Å². The Labute approximate surface area is 271 Å². The maximum atomic E-state index is 3.79. The molecule has 2 heteroatoms. The first-order chi connectivity index (χ1) is 21.3. The molecule has 0 aromatic rings. The van der Waals surface area contributed by atoms with Gasteiger partial charge in [0, 0.05) is 19.8 Å². The van der Waals surface area contributed by atoms with Crippen LogP contribution in [0, 0.1) is 23.7 Å². The molecule has 0 unspecified atom stereocenters. The van der Waals surface area contributed by atoms with Crippen LogP contribution in [0.15, 0.2) is 12.2 Å². The first-order valence-electron chi connectivity index (χ1n) is 20.4. The number of hydrogen-bond donors (Lipinski definition) is 2. The standard InChI is InChI=1S/2C12H22.2C6H12.C5H10N2/c2*1-3-7-11(8-4-1)12-9-5-2-6-10-12;2*1-2-4-6-5-3-1;1-5-2-6-4-7-3-5/h2*11-12H,1-10H2;2*1-6H2;6-7H,1-4H2. The first kappa shape index (κ1) is 37.1. The molecule has 0 bridgehead atoms. The minimum atomic E-state index is 0.930. The van der Waals surface area contributed by atoms with Gasteiger partial charge in [0.15, 0.2) is 0 Å². The third-order valence-electron chi connectivity index (χ3n) is 11.9. The third-order valence-corrected chi connectivity index (χ3v) is 11.9. The number of nitrogens with one attached hydrogen (secondary N) is 2. The SMILES string of the molecule is C1CCC(C2CCCCC2)CC1.C1CCC(C2CCCCC2)CC1.C1CCCCC1.C1CCCCC1.C=C1CNCNC1. The van der Waals surface area contributed by atoms with Crippen molar-refractivity contribution >= 4 is 0 Å². The topological polar surface area (TPSA) is 24.1 Å². The van der Waals surface area contributed by atoms with Gasteiger partial charge < -0.3 is 10.6 Å². The fourth-order valence-corrected chi connectivity index (χ4v) is 9.17. The van der Waals surface area contributed by atoms with Gasteiger partial charge in [0.1, 0.15) is 0 Å². The van der Waals surface area contributed by atoms with Crippen LogP contribution < -0.4 is 10.6 Å². The summed E-state index contributed by atoms with van der Waals surface area (Å²) in [5, 5.41) is 6.25. The Morgan fingerprint density at radius 2 is 0.488 bits per heavy atom. The molecule has 1 aliphatic heterocycles. The second-order valence-corrected chi connectivity index (χ2v) is 15.6. The number of rotatable bonds is 2. The van der Waals surface area contributed by atoms with E-state index < -0.39 is 0 Å². The summed E-state index contributed by atoms with van der Waals surface area (Å²) in [4.78, 5) is 0. The predicted molar refractivity (Wildman–Crippen MR) is 192 cm³/mol. The van der Waals surface area contributed by atoms with Crippen LogP contribution >= 0.6 is 0 Å². The fourth-order valence-electron chi connectivity index (χ4n) is 9.17.